The molecular formula is C22H30N2O3S. The van der Waals surface area contributed by atoms with Gasteiger partial charge in [-0.05, 0) is 31.2 Å². The molecule has 0 fully saturated rings. The van der Waals surface area contributed by atoms with Gasteiger partial charge in [0, 0.05) is 11.9 Å². The predicted octanol–water partition coefficient (Wildman–Crippen LogP) is 4.89. The quantitative estimate of drug-likeness (QED) is 0.531. The topological polar surface area (TPSA) is 59.5 Å². The highest BCUT2D eigenvalue weighted by Gasteiger charge is 2.25. The number of aromatic nitrogens is 1. The van der Waals surface area contributed by atoms with Crippen molar-refractivity contribution in [2.75, 3.05) is 13.2 Å². The zero-order chi connectivity index (χ0) is 20.5. The molecule has 0 N–H and O–H groups in total. The van der Waals surface area contributed by atoms with Crippen LogP contribution in [0.25, 0.3) is 0 Å². The number of benzene rings is 1. The maximum atomic E-state index is 13.3. The van der Waals surface area contributed by atoms with Crippen molar-refractivity contribution in [3.63, 3.8) is 0 Å². The van der Waals surface area contributed by atoms with Gasteiger partial charge in [0.15, 0.2) is 5.69 Å². The lowest BCUT2D eigenvalue weighted by Gasteiger charge is -2.27. The third kappa shape index (κ3) is 6.16. The number of carbonyl (C=O) groups is 2. The molecule has 28 heavy (non-hydrogen) atoms. The lowest BCUT2D eigenvalue weighted by molar-refractivity contribution is -0.133. The molecule has 1 amide bonds. The van der Waals surface area contributed by atoms with Gasteiger partial charge in [0.25, 0.3) is 0 Å². The van der Waals surface area contributed by atoms with Crippen molar-refractivity contribution in [2.24, 2.45) is 5.92 Å². The van der Waals surface area contributed by atoms with Crippen LogP contribution in [0.3, 0.4) is 0 Å². The van der Waals surface area contributed by atoms with Crippen molar-refractivity contribution in [2.45, 2.75) is 53.0 Å². The standard InChI is InChI=1S/C22H30N2O3S/c1-5-18(17-10-8-7-9-11-17)21(25)24(13-12-16(3)4)14-20-23-19(15-28-20)22(26)27-6-2/h7-11,15-16,18H,5-6,12-14H2,1-4H3/t18-/m0/s1. The molecule has 6 heteroatoms. The van der Waals surface area contributed by atoms with Gasteiger partial charge in [-0.25, -0.2) is 9.78 Å². The van der Waals surface area contributed by atoms with Crippen LogP contribution >= 0.6 is 11.3 Å². The summed E-state index contributed by atoms with van der Waals surface area (Å²) in [7, 11) is 0. The van der Waals surface area contributed by atoms with Crippen LogP contribution in [0.4, 0.5) is 0 Å². The molecule has 152 valence electrons. The minimum absolute atomic E-state index is 0.113. The van der Waals surface area contributed by atoms with Crippen molar-refractivity contribution in [1.29, 1.82) is 0 Å². The number of nitrogens with zero attached hydrogens (tertiary/aromatic N) is 2. The second-order valence-corrected chi connectivity index (χ2v) is 8.10. The highest BCUT2D eigenvalue weighted by Crippen LogP contribution is 2.24. The van der Waals surface area contributed by atoms with Crippen molar-refractivity contribution in [1.82, 2.24) is 9.88 Å². The molecule has 1 atom stereocenters. The first-order valence-electron chi connectivity index (χ1n) is 9.91. The molecule has 1 aromatic heterocycles. The largest absolute Gasteiger partial charge is 0.461 e. The van der Waals surface area contributed by atoms with Crippen LogP contribution in [0.5, 0.6) is 0 Å². The molecule has 0 aliphatic heterocycles. The van der Waals surface area contributed by atoms with Crippen LogP contribution in [0, 0.1) is 5.92 Å². The number of carbonyl (C=O) groups excluding carboxylic acids is 2. The van der Waals surface area contributed by atoms with Gasteiger partial charge in [0.2, 0.25) is 5.91 Å². The number of esters is 1. The van der Waals surface area contributed by atoms with Gasteiger partial charge in [0.1, 0.15) is 5.01 Å². The Morgan fingerprint density at radius 1 is 1.18 bits per heavy atom. The van der Waals surface area contributed by atoms with E-state index in [1.165, 1.54) is 11.3 Å². The van der Waals surface area contributed by atoms with E-state index in [4.69, 9.17) is 4.74 Å². The van der Waals surface area contributed by atoms with Crippen molar-refractivity contribution in [3.05, 3.63) is 52.0 Å². The summed E-state index contributed by atoms with van der Waals surface area (Å²) in [5, 5.41) is 2.45. The monoisotopic (exact) mass is 402 g/mol. The summed E-state index contributed by atoms with van der Waals surface area (Å²) in [5.41, 5.74) is 1.35. The van der Waals surface area contributed by atoms with Gasteiger partial charge in [-0.2, -0.15) is 0 Å². The first-order valence-corrected chi connectivity index (χ1v) is 10.8. The molecule has 0 saturated carbocycles. The van der Waals surface area contributed by atoms with Crippen molar-refractivity contribution in [3.8, 4) is 0 Å². The first-order chi connectivity index (χ1) is 13.5. The van der Waals surface area contributed by atoms with Gasteiger partial charge < -0.3 is 9.64 Å². The van der Waals surface area contributed by atoms with Crippen LogP contribution < -0.4 is 0 Å². The Hall–Kier alpha value is -2.21. The van der Waals surface area contributed by atoms with Crippen LogP contribution in [-0.2, 0) is 16.1 Å². The smallest absolute Gasteiger partial charge is 0.357 e. The SMILES string of the molecule is CCOC(=O)c1csc(CN(CCC(C)C)C(=O)[C@@H](CC)c2ccccc2)n1. The normalized spacial score (nSPS) is 12.0. The molecule has 0 aliphatic carbocycles. The van der Waals surface area contributed by atoms with E-state index in [2.05, 4.69) is 18.8 Å². The maximum absolute atomic E-state index is 13.3. The van der Waals surface area contributed by atoms with Crippen LogP contribution in [0.2, 0.25) is 0 Å². The Morgan fingerprint density at radius 3 is 2.50 bits per heavy atom. The minimum Gasteiger partial charge on any atom is -0.461 e. The summed E-state index contributed by atoms with van der Waals surface area (Å²) < 4.78 is 5.01. The van der Waals surface area contributed by atoms with Gasteiger partial charge in [-0.15, -0.1) is 11.3 Å². The Balaban J connectivity index is 2.19. The molecule has 0 unspecified atom stereocenters. The fraction of sp³-hybridized carbons (Fsp3) is 0.500. The molecule has 1 aromatic carbocycles. The number of thiazole rings is 1. The van der Waals surface area contributed by atoms with Gasteiger partial charge >= 0.3 is 5.97 Å². The molecular weight excluding hydrogens is 372 g/mol. The molecule has 1 heterocycles. The molecule has 5 nitrogen and oxygen atoms in total. The van der Waals surface area contributed by atoms with Crippen LogP contribution in [-0.4, -0.2) is 34.9 Å². The summed E-state index contributed by atoms with van der Waals surface area (Å²) in [4.78, 5) is 31.5. The van der Waals surface area contributed by atoms with E-state index in [9.17, 15) is 9.59 Å². The summed E-state index contributed by atoms with van der Waals surface area (Å²) in [5.74, 6) is 0.0272. The van der Waals surface area contributed by atoms with Gasteiger partial charge in [0.05, 0.1) is 19.1 Å². The maximum Gasteiger partial charge on any atom is 0.357 e. The van der Waals surface area contributed by atoms with Crippen LogP contribution in [0.1, 0.15) is 67.5 Å². The second-order valence-electron chi connectivity index (χ2n) is 7.16. The van der Waals surface area contributed by atoms with Gasteiger partial charge in [-0.1, -0.05) is 51.1 Å². The first kappa shape index (κ1) is 22.1. The van der Waals surface area contributed by atoms with E-state index >= 15 is 0 Å². The molecule has 0 saturated heterocycles. The Bertz CT molecular complexity index is 758. The highest BCUT2D eigenvalue weighted by atomic mass is 32.1. The van der Waals surface area contributed by atoms with E-state index < -0.39 is 5.97 Å². The average molecular weight is 403 g/mol. The lowest BCUT2D eigenvalue weighted by atomic mass is 9.94. The zero-order valence-electron chi connectivity index (χ0n) is 17.2. The fourth-order valence-corrected chi connectivity index (χ4v) is 3.76. The molecule has 0 radical (unpaired) electrons. The number of hydrogen-bond acceptors (Lipinski definition) is 5. The summed E-state index contributed by atoms with van der Waals surface area (Å²) in [6, 6.07) is 9.92. The van der Waals surface area contributed by atoms with E-state index in [1.807, 2.05) is 42.2 Å². The predicted molar refractivity (Wildman–Crippen MR) is 112 cm³/mol. The Morgan fingerprint density at radius 2 is 1.89 bits per heavy atom. The molecule has 0 spiro atoms. The third-order valence-electron chi connectivity index (χ3n) is 4.56. The number of amides is 1. The molecule has 2 aromatic rings. The van der Waals surface area contributed by atoms with E-state index in [-0.39, 0.29) is 11.8 Å². The summed E-state index contributed by atoms with van der Waals surface area (Å²) >= 11 is 1.39. The lowest BCUT2D eigenvalue weighted by Crippen LogP contribution is -2.36. The Labute approximate surface area is 171 Å². The fourth-order valence-electron chi connectivity index (χ4n) is 2.99. The molecule has 2 rings (SSSR count). The van der Waals surface area contributed by atoms with E-state index in [0.29, 0.717) is 31.3 Å². The number of hydrogen-bond donors (Lipinski definition) is 0. The summed E-state index contributed by atoms with van der Waals surface area (Å²) in [6.07, 6.45) is 1.67. The van der Waals surface area contributed by atoms with E-state index in [1.54, 1.807) is 12.3 Å². The zero-order valence-corrected chi connectivity index (χ0v) is 18.0. The third-order valence-corrected chi connectivity index (χ3v) is 5.39. The minimum atomic E-state index is -0.416. The highest BCUT2D eigenvalue weighted by molar-refractivity contribution is 7.09. The van der Waals surface area contributed by atoms with Gasteiger partial charge in [-0.3, -0.25) is 4.79 Å². The van der Waals surface area contributed by atoms with Crippen molar-refractivity contribution < 1.29 is 14.3 Å². The van der Waals surface area contributed by atoms with E-state index in [0.717, 1.165) is 23.4 Å². The Kier molecular flexibility index (Phi) is 8.64. The number of rotatable bonds is 10. The second kappa shape index (κ2) is 11.0. The molecule has 0 bridgehead atoms. The summed E-state index contributed by atoms with van der Waals surface area (Å²) in [6.45, 7) is 9.52. The molecule has 0 aliphatic rings. The van der Waals surface area contributed by atoms with Crippen LogP contribution in [0.15, 0.2) is 35.7 Å². The number of ether oxygens (including phenoxy) is 1. The van der Waals surface area contributed by atoms with Crippen molar-refractivity contribution >= 4 is 23.2 Å². The average Bonchev–Trinajstić information content (AvgIpc) is 3.15.